The van der Waals surface area contributed by atoms with Gasteiger partial charge in [-0.25, -0.2) is 4.98 Å². The van der Waals surface area contributed by atoms with Crippen LogP contribution in [0.5, 0.6) is 0 Å². The van der Waals surface area contributed by atoms with E-state index in [1.54, 1.807) is 23.3 Å². The summed E-state index contributed by atoms with van der Waals surface area (Å²) in [4.78, 5) is 3.86. The van der Waals surface area contributed by atoms with Gasteiger partial charge in [-0.1, -0.05) is 6.92 Å². The van der Waals surface area contributed by atoms with Gasteiger partial charge in [0.25, 0.3) is 10.1 Å². The van der Waals surface area contributed by atoms with Crippen LogP contribution in [0.1, 0.15) is 13.3 Å². The maximum atomic E-state index is 10.9. The minimum Gasteiger partial charge on any atom is -0.335 e. The first-order valence-electron chi connectivity index (χ1n) is 4.35. The first-order chi connectivity index (χ1) is 6.51. The predicted molar refractivity (Wildman–Crippen MR) is 52.2 cm³/mol. The third kappa shape index (κ3) is 3.89. The van der Waals surface area contributed by atoms with E-state index >= 15 is 0 Å². The van der Waals surface area contributed by atoms with E-state index in [9.17, 15) is 8.42 Å². The molecule has 0 fully saturated rings. The van der Waals surface area contributed by atoms with Gasteiger partial charge < -0.3 is 4.57 Å². The summed E-state index contributed by atoms with van der Waals surface area (Å²) in [7, 11) is -3.37. The summed E-state index contributed by atoms with van der Waals surface area (Å²) in [5.74, 6) is 0. The van der Waals surface area contributed by atoms with Gasteiger partial charge in [0.15, 0.2) is 0 Å². The van der Waals surface area contributed by atoms with Crippen molar-refractivity contribution in [1.82, 2.24) is 9.55 Å². The molecule has 0 aliphatic carbocycles. The Balaban J connectivity index is 2.56. The fraction of sp³-hybridized carbons (Fsp3) is 0.625. The molecule has 0 aliphatic rings. The summed E-state index contributed by atoms with van der Waals surface area (Å²) in [5, 5.41) is 0. The molecule has 1 atom stereocenters. The Morgan fingerprint density at radius 3 is 2.71 bits per heavy atom. The molecule has 5 nitrogen and oxygen atoms in total. The van der Waals surface area contributed by atoms with Crippen molar-refractivity contribution in [1.29, 1.82) is 0 Å². The van der Waals surface area contributed by atoms with Crippen molar-refractivity contribution in [2.75, 3.05) is 6.26 Å². The molecule has 1 aromatic heterocycles. The van der Waals surface area contributed by atoms with Crippen molar-refractivity contribution in [2.24, 2.45) is 0 Å². The quantitative estimate of drug-likeness (QED) is 0.680. The SMILES string of the molecule is CCC(Cn1ccnc1)OS(C)(=O)=O. The number of imidazole rings is 1. The Hall–Kier alpha value is -0.880. The molecule has 14 heavy (non-hydrogen) atoms. The van der Waals surface area contributed by atoms with Gasteiger partial charge in [-0.05, 0) is 6.42 Å². The van der Waals surface area contributed by atoms with Gasteiger partial charge in [0.1, 0.15) is 0 Å². The first kappa shape index (κ1) is 11.2. The molecule has 6 heteroatoms. The topological polar surface area (TPSA) is 61.2 Å². The van der Waals surface area contributed by atoms with Gasteiger partial charge in [-0.15, -0.1) is 0 Å². The summed E-state index contributed by atoms with van der Waals surface area (Å²) in [6.07, 6.45) is 6.43. The monoisotopic (exact) mass is 218 g/mol. The second-order valence-electron chi connectivity index (χ2n) is 3.09. The van der Waals surface area contributed by atoms with Crippen LogP contribution in [0, 0.1) is 0 Å². The average molecular weight is 218 g/mol. The molecule has 1 aromatic rings. The molecule has 1 unspecified atom stereocenters. The average Bonchev–Trinajstić information content (AvgIpc) is 2.53. The highest BCUT2D eigenvalue weighted by molar-refractivity contribution is 7.86. The van der Waals surface area contributed by atoms with Crippen LogP contribution >= 0.6 is 0 Å². The minimum absolute atomic E-state index is 0.320. The normalized spacial score (nSPS) is 14.1. The van der Waals surface area contributed by atoms with Crippen LogP contribution < -0.4 is 0 Å². The molecule has 0 N–H and O–H groups in total. The van der Waals surface area contributed by atoms with Crippen LogP contribution in [-0.4, -0.2) is 30.3 Å². The van der Waals surface area contributed by atoms with Gasteiger partial charge in [0, 0.05) is 12.4 Å². The number of nitrogens with zero attached hydrogens (tertiary/aromatic N) is 2. The fourth-order valence-electron chi connectivity index (χ4n) is 1.10. The molecule has 1 rings (SSSR count). The van der Waals surface area contributed by atoms with Gasteiger partial charge in [-0.2, -0.15) is 8.42 Å². The molecule has 0 spiro atoms. The van der Waals surface area contributed by atoms with E-state index in [1.807, 2.05) is 6.92 Å². The van der Waals surface area contributed by atoms with E-state index in [0.29, 0.717) is 13.0 Å². The van der Waals surface area contributed by atoms with Crippen molar-refractivity contribution in [2.45, 2.75) is 26.0 Å². The van der Waals surface area contributed by atoms with Gasteiger partial charge in [0.05, 0.1) is 25.2 Å². The largest absolute Gasteiger partial charge is 0.335 e. The third-order valence-electron chi connectivity index (χ3n) is 1.74. The Labute approximate surface area is 83.8 Å². The highest BCUT2D eigenvalue weighted by Gasteiger charge is 2.13. The minimum atomic E-state index is -3.37. The molecule has 0 bridgehead atoms. The van der Waals surface area contributed by atoms with Gasteiger partial charge in [0.2, 0.25) is 0 Å². The van der Waals surface area contributed by atoms with Crippen LogP contribution in [0.25, 0.3) is 0 Å². The van der Waals surface area contributed by atoms with Crippen LogP contribution in [-0.2, 0) is 20.8 Å². The van der Waals surface area contributed by atoms with Crippen LogP contribution in [0.2, 0.25) is 0 Å². The van der Waals surface area contributed by atoms with Crippen molar-refractivity contribution < 1.29 is 12.6 Å². The van der Waals surface area contributed by atoms with Crippen molar-refractivity contribution in [3.05, 3.63) is 18.7 Å². The lowest BCUT2D eigenvalue weighted by molar-refractivity contribution is 0.185. The van der Waals surface area contributed by atoms with Gasteiger partial charge in [-0.3, -0.25) is 4.18 Å². The lowest BCUT2D eigenvalue weighted by Gasteiger charge is -2.14. The lowest BCUT2D eigenvalue weighted by Crippen LogP contribution is -2.21. The molecule has 0 aromatic carbocycles. The molecule has 0 aliphatic heterocycles. The molecular formula is C8H14N2O3S. The molecule has 0 amide bonds. The predicted octanol–water partition coefficient (Wildman–Crippen LogP) is 0.638. The third-order valence-corrected chi connectivity index (χ3v) is 2.36. The molecule has 1 heterocycles. The zero-order valence-corrected chi connectivity index (χ0v) is 9.07. The molecule has 80 valence electrons. The van der Waals surface area contributed by atoms with E-state index in [-0.39, 0.29) is 6.10 Å². The van der Waals surface area contributed by atoms with Crippen molar-refractivity contribution >= 4 is 10.1 Å². The van der Waals surface area contributed by atoms with Crippen molar-refractivity contribution in [3.8, 4) is 0 Å². The Morgan fingerprint density at radius 2 is 2.29 bits per heavy atom. The summed E-state index contributed by atoms with van der Waals surface area (Å²) in [5.41, 5.74) is 0. The Bertz CT molecular complexity index is 358. The number of rotatable bonds is 5. The smallest absolute Gasteiger partial charge is 0.264 e. The van der Waals surface area contributed by atoms with E-state index in [4.69, 9.17) is 4.18 Å². The Morgan fingerprint density at radius 1 is 1.57 bits per heavy atom. The fourth-order valence-corrected chi connectivity index (χ4v) is 1.80. The molecular weight excluding hydrogens is 204 g/mol. The second kappa shape index (κ2) is 4.56. The van der Waals surface area contributed by atoms with Crippen molar-refractivity contribution in [3.63, 3.8) is 0 Å². The summed E-state index contributed by atoms with van der Waals surface area (Å²) in [6, 6.07) is 0. The standard InChI is InChI=1S/C8H14N2O3S/c1-3-8(13-14(2,11)12)6-10-5-4-9-7-10/h4-5,7-8H,3,6H2,1-2H3. The Kier molecular flexibility index (Phi) is 3.65. The van der Waals surface area contributed by atoms with E-state index in [0.717, 1.165) is 6.26 Å². The highest BCUT2D eigenvalue weighted by Crippen LogP contribution is 2.05. The maximum Gasteiger partial charge on any atom is 0.264 e. The summed E-state index contributed by atoms with van der Waals surface area (Å²) >= 11 is 0. The summed E-state index contributed by atoms with van der Waals surface area (Å²) in [6.45, 7) is 2.39. The van der Waals surface area contributed by atoms with Gasteiger partial charge >= 0.3 is 0 Å². The van der Waals surface area contributed by atoms with E-state index in [1.165, 1.54) is 0 Å². The van der Waals surface area contributed by atoms with E-state index in [2.05, 4.69) is 4.98 Å². The van der Waals surface area contributed by atoms with E-state index < -0.39 is 10.1 Å². The highest BCUT2D eigenvalue weighted by atomic mass is 32.2. The summed E-state index contributed by atoms with van der Waals surface area (Å²) < 4.78 is 28.4. The first-order valence-corrected chi connectivity index (χ1v) is 6.17. The second-order valence-corrected chi connectivity index (χ2v) is 4.69. The zero-order valence-electron chi connectivity index (χ0n) is 8.25. The van der Waals surface area contributed by atoms with Crippen LogP contribution in [0.15, 0.2) is 18.7 Å². The number of hydrogen-bond donors (Lipinski definition) is 0. The zero-order chi connectivity index (χ0) is 10.6. The lowest BCUT2D eigenvalue weighted by atomic mass is 10.3. The number of hydrogen-bond acceptors (Lipinski definition) is 4. The number of aromatic nitrogens is 2. The van der Waals surface area contributed by atoms with Crippen LogP contribution in [0.3, 0.4) is 0 Å². The molecule has 0 saturated heterocycles. The molecule has 0 radical (unpaired) electrons. The van der Waals surface area contributed by atoms with Crippen LogP contribution in [0.4, 0.5) is 0 Å². The molecule has 0 saturated carbocycles. The maximum absolute atomic E-state index is 10.9.